The van der Waals surface area contributed by atoms with Gasteiger partial charge in [0.05, 0.1) is 6.61 Å². The summed E-state index contributed by atoms with van der Waals surface area (Å²) in [6.07, 6.45) is 8.74. The van der Waals surface area contributed by atoms with Gasteiger partial charge in [0.1, 0.15) is 0 Å². The van der Waals surface area contributed by atoms with E-state index in [0.717, 1.165) is 17.9 Å². The molecule has 0 unspecified atom stereocenters. The molecule has 0 N–H and O–H groups in total. The lowest BCUT2D eigenvalue weighted by Gasteiger charge is -2.28. The second-order valence-corrected chi connectivity index (χ2v) is 5.05. The van der Waals surface area contributed by atoms with Gasteiger partial charge in [-0.3, -0.25) is 4.84 Å². The Morgan fingerprint density at radius 3 is 2.23 bits per heavy atom. The van der Waals surface area contributed by atoms with E-state index in [2.05, 4.69) is 0 Å². The lowest BCUT2D eigenvalue weighted by atomic mass is 9.80. The fraction of sp³-hybridized carbons (Fsp3) is 1.00. The maximum absolute atomic E-state index is 5.50. The van der Waals surface area contributed by atoms with Gasteiger partial charge in [-0.25, -0.2) is 0 Å². The molecule has 2 rings (SSSR count). The summed E-state index contributed by atoms with van der Waals surface area (Å²) in [4.78, 5) is 5.50. The van der Waals surface area contributed by atoms with Gasteiger partial charge < -0.3 is 0 Å². The van der Waals surface area contributed by atoms with Gasteiger partial charge in [-0.05, 0) is 49.9 Å². The van der Waals surface area contributed by atoms with Crippen molar-refractivity contribution in [2.24, 2.45) is 11.3 Å². The summed E-state index contributed by atoms with van der Waals surface area (Å²) in [7, 11) is 3.93. The van der Waals surface area contributed by atoms with E-state index >= 15 is 0 Å². The average molecular weight is 183 g/mol. The second-order valence-electron chi connectivity index (χ2n) is 5.05. The molecule has 2 heteroatoms. The van der Waals surface area contributed by atoms with E-state index in [-0.39, 0.29) is 0 Å². The lowest BCUT2D eigenvalue weighted by molar-refractivity contribution is -0.136. The molecule has 2 fully saturated rings. The Morgan fingerprint density at radius 1 is 1.15 bits per heavy atom. The molecule has 0 radical (unpaired) electrons. The highest BCUT2D eigenvalue weighted by Crippen LogP contribution is 2.57. The molecule has 0 bridgehead atoms. The van der Waals surface area contributed by atoms with Crippen LogP contribution in [0.3, 0.4) is 0 Å². The SMILES string of the molecule is CN(C)OCC1CCC2(CC1)CC2. The van der Waals surface area contributed by atoms with Gasteiger partial charge in [0.25, 0.3) is 0 Å². The zero-order valence-electron chi connectivity index (χ0n) is 8.88. The molecule has 2 aliphatic rings. The summed E-state index contributed by atoms with van der Waals surface area (Å²) in [6, 6.07) is 0. The van der Waals surface area contributed by atoms with Crippen molar-refractivity contribution in [1.29, 1.82) is 0 Å². The molecule has 2 aliphatic carbocycles. The molecule has 0 aliphatic heterocycles. The molecule has 0 aromatic rings. The highest BCUT2D eigenvalue weighted by atomic mass is 16.7. The van der Waals surface area contributed by atoms with Crippen molar-refractivity contribution in [2.45, 2.75) is 38.5 Å². The number of hydroxylamine groups is 2. The van der Waals surface area contributed by atoms with E-state index in [1.54, 1.807) is 0 Å². The molecule has 0 aromatic carbocycles. The third kappa shape index (κ3) is 2.44. The van der Waals surface area contributed by atoms with Gasteiger partial charge in [-0.15, -0.1) is 0 Å². The maximum Gasteiger partial charge on any atom is 0.0713 e. The van der Waals surface area contributed by atoms with Crippen LogP contribution in [-0.4, -0.2) is 25.8 Å². The lowest BCUT2D eigenvalue weighted by Crippen LogP contribution is -2.23. The van der Waals surface area contributed by atoms with Gasteiger partial charge in [-0.2, -0.15) is 5.06 Å². The Bertz CT molecular complexity index is 162. The predicted molar refractivity (Wildman–Crippen MR) is 53.3 cm³/mol. The largest absolute Gasteiger partial charge is 0.299 e. The van der Waals surface area contributed by atoms with Crippen molar-refractivity contribution >= 4 is 0 Å². The van der Waals surface area contributed by atoms with Crippen molar-refractivity contribution in [2.75, 3.05) is 20.7 Å². The third-order valence-corrected chi connectivity index (χ3v) is 3.69. The van der Waals surface area contributed by atoms with E-state index in [9.17, 15) is 0 Å². The van der Waals surface area contributed by atoms with Crippen LogP contribution in [0.15, 0.2) is 0 Å². The van der Waals surface area contributed by atoms with Crippen LogP contribution in [0.5, 0.6) is 0 Å². The van der Waals surface area contributed by atoms with E-state index < -0.39 is 0 Å². The smallest absolute Gasteiger partial charge is 0.0713 e. The first-order valence-corrected chi connectivity index (χ1v) is 5.50. The van der Waals surface area contributed by atoms with Crippen LogP contribution in [0.25, 0.3) is 0 Å². The number of nitrogens with zero attached hydrogens (tertiary/aromatic N) is 1. The van der Waals surface area contributed by atoms with Crippen LogP contribution in [0.1, 0.15) is 38.5 Å². The first kappa shape index (κ1) is 9.47. The first-order valence-electron chi connectivity index (χ1n) is 5.50. The zero-order chi connectivity index (χ0) is 9.31. The summed E-state index contributed by atoms with van der Waals surface area (Å²) < 4.78 is 0. The van der Waals surface area contributed by atoms with Crippen molar-refractivity contribution in [1.82, 2.24) is 5.06 Å². The Balaban J connectivity index is 1.66. The van der Waals surface area contributed by atoms with Crippen LogP contribution in [0.2, 0.25) is 0 Å². The summed E-state index contributed by atoms with van der Waals surface area (Å²) in [5, 5.41) is 1.82. The van der Waals surface area contributed by atoms with E-state index in [4.69, 9.17) is 4.84 Å². The Morgan fingerprint density at radius 2 is 1.77 bits per heavy atom. The number of hydrogen-bond acceptors (Lipinski definition) is 2. The van der Waals surface area contributed by atoms with E-state index in [1.165, 1.54) is 38.5 Å². The first-order chi connectivity index (χ1) is 6.20. The average Bonchev–Trinajstić information content (AvgIpc) is 2.85. The molecule has 13 heavy (non-hydrogen) atoms. The number of hydrogen-bond donors (Lipinski definition) is 0. The topological polar surface area (TPSA) is 12.5 Å². The van der Waals surface area contributed by atoms with Gasteiger partial charge in [0.15, 0.2) is 0 Å². The highest BCUT2D eigenvalue weighted by molar-refractivity contribution is 4.96. The molecule has 0 amide bonds. The van der Waals surface area contributed by atoms with Crippen LogP contribution >= 0.6 is 0 Å². The second kappa shape index (κ2) is 3.58. The number of rotatable bonds is 3. The molecule has 76 valence electrons. The van der Waals surface area contributed by atoms with Crippen molar-refractivity contribution in [3.05, 3.63) is 0 Å². The van der Waals surface area contributed by atoms with Gasteiger partial charge in [-0.1, -0.05) is 0 Å². The Labute approximate surface area is 81.2 Å². The monoisotopic (exact) mass is 183 g/mol. The van der Waals surface area contributed by atoms with Crippen LogP contribution < -0.4 is 0 Å². The summed E-state index contributed by atoms with van der Waals surface area (Å²) in [6.45, 7) is 0.934. The quantitative estimate of drug-likeness (QED) is 0.623. The zero-order valence-corrected chi connectivity index (χ0v) is 8.88. The molecule has 0 atom stereocenters. The van der Waals surface area contributed by atoms with Crippen LogP contribution in [-0.2, 0) is 4.84 Å². The minimum absolute atomic E-state index is 0.827. The van der Waals surface area contributed by atoms with E-state index in [0.29, 0.717) is 0 Å². The third-order valence-electron chi connectivity index (χ3n) is 3.69. The molecular weight excluding hydrogens is 162 g/mol. The minimum atomic E-state index is 0.827. The Kier molecular flexibility index (Phi) is 2.61. The van der Waals surface area contributed by atoms with Crippen LogP contribution in [0, 0.1) is 11.3 Å². The summed E-state index contributed by atoms with van der Waals surface area (Å²) >= 11 is 0. The van der Waals surface area contributed by atoms with Crippen molar-refractivity contribution in [3.8, 4) is 0 Å². The summed E-state index contributed by atoms with van der Waals surface area (Å²) in [5.74, 6) is 0.827. The van der Waals surface area contributed by atoms with Gasteiger partial charge in [0.2, 0.25) is 0 Å². The molecule has 2 nitrogen and oxygen atoms in total. The standard InChI is InChI=1S/C11H21NO/c1-12(2)13-9-10-3-5-11(6-4-10)7-8-11/h10H,3-9H2,1-2H3. The molecule has 2 saturated carbocycles. The van der Waals surface area contributed by atoms with Gasteiger partial charge in [0, 0.05) is 14.1 Å². The summed E-state index contributed by atoms with van der Waals surface area (Å²) in [5.41, 5.74) is 0.828. The van der Waals surface area contributed by atoms with E-state index in [1.807, 2.05) is 19.2 Å². The highest BCUT2D eigenvalue weighted by Gasteiger charge is 2.44. The van der Waals surface area contributed by atoms with Crippen LogP contribution in [0.4, 0.5) is 0 Å². The molecule has 0 saturated heterocycles. The molecule has 1 spiro atoms. The minimum Gasteiger partial charge on any atom is -0.299 e. The van der Waals surface area contributed by atoms with Crippen molar-refractivity contribution in [3.63, 3.8) is 0 Å². The van der Waals surface area contributed by atoms with Crippen molar-refractivity contribution < 1.29 is 4.84 Å². The maximum atomic E-state index is 5.50. The molecular formula is C11H21NO. The molecule has 0 heterocycles. The predicted octanol–water partition coefficient (Wildman–Crippen LogP) is 2.45. The Hall–Kier alpha value is -0.0800. The van der Waals surface area contributed by atoms with Gasteiger partial charge >= 0.3 is 0 Å². The fourth-order valence-corrected chi connectivity index (χ4v) is 2.39. The molecule has 0 aromatic heterocycles. The normalized spacial score (nSPS) is 27.0. The fourth-order valence-electron chi connectivity index (χ4n) is 2.39.